The molecule has 0 fully saturated rings. The molecule has 0 amide bonds. The number of hydrogen-bond donors (Lipinski definition) is 0. The van der Waals surface area contributed by atoms with Gasteiger partial charge in [0.05, 0.1) is 7.11 Å². The van der Waals surface area contributed by atoms with Gasteiger partial charge >= 0.3 is 5.97 Å². The number of esters is 1. The van der Waals surface area contributed by atoms with Crippen LogP contribution >= 0.6 is 0 Å². The van der Waals surface area contributed by atoms with Gasteiger partial charge in [0.25, 0.3) is 0 Å². The van der Waals surface area contributed by atoms with E-state index in [-0.39, 0.29) is 11.6 Å². The molecular formula is C31H52O4. The Labute approximate surface area is 215 Å². The summed E-state index contributed by atoms with van der Waals surface area (Å²) < 4.78 is 17.2. The van der Waals surface area contributed by atoms with Gasteiger partial charge < -0.3 is 14.2 Å². The van der Waals surface area contributed by atoms with Crippen LogP contribution in [0.4, 0.5) is 0 Å². The second-order valence-electron chi connectivity index (χ2n) is 12.3. The van der Waals surface area contributed by atoms with Crippen molar-refractivity contribution in [3.63, 3.8) is 0 Å². The lowest BCUT2D eigenvalue weighted by molar-refractivity contribution is -0.156. The molecule has 4 nitrogen and oxygen atoms in total. The zero-order valence-corrected chi connectivity index (χ0v) is 23.9. The molecule has 0 spiro atoms. The van der Waals surface area contributed by atoms with E-state index in [1.165, 1.54) is 58.5 Å². The fourth-order valence-corrected chi connectivity index (χ4v) is 5.19. The van der Waals surface area contributed by atoms with Crippen LogP contribution < -0.4 is 9.47 Å². The number of rotatable bonds is 15. The van der Waals surface area contributed by atoms with Gasteiger partial charge in [0.2, 0.25) is 0 Å². The predicted molar refractivity (Wildman–Crippen MR) is 145 cm³/mol. The molecule has 1 aromatic carbocycles. The average Bonchev–Trinajstić information content (AvgIpc) is 2.78. The van der Waals surface area contributed by atoms with Gasteiger partial charge in [-0.3, -0.25) is 0 Å². The molecule has 1 aliphatic rings. The molecule has 3 atom stereocenters. The molecule has 0 radical (unpaired) electrons. The highest BCUT2D eigenvalue weighted by molar-refractivity contribution is 5.78. The van der Waals surface area contributed by atoms with Crippen molar-refractivity contribution in [3.8, 4) is 11.5 Å². The lowest BCUT2D eigenvalue weighted by atomic mass is 9.86. The summed E-state index contributed by atoms with van der Waals surface area (Å²) in [7, 11) is 1.38. The number of ether oxygens (including phenoxy) is 3. The molecule has 4 heteroatoms. The first kappa shape index (κ1) is 29.5. The molecule has 1 heterocycles. The van der Waals surface area contributed by atoms with Crippen LogP contribution in [-0.2, 0) is 16.0 Å². The number of methoxy groups -OCH3 is 1. The third-order valence-electron chi connectivity index (χ3n) is 7.64. The minimum Gasteiger partial charge on any atom is -0.487 e. The largest absolute Gasteiger partial charge is 0.487 e. The Balaban J connectivity index is 1.73. The van der Waals surface area contributed by atoms with Crippen LogP contribution in [0.5, 0.6) is 11.5 Å². The quantitative estimate of drug-likeness (QED) is 0.232. The van der Waals surface area contributed by atoms with Crippen molar-refractivity contribution in [1.29, 1.82) is 0 Å². The summed E-state index contributed by atoms with van der Waals surface area (Å²) in [6.45, 7) is 15.2. The van der Waals surface area contributed by atoms with E-state index in [4.69, 9.17) is 14.2 Å². The van der Waals surface area contributed by atoms with Gasteiger partial charge in [-0.15, -0.1) is 0 Å². The molecule has 0 N–H and O–H groups in total. The first-order valence-electron chi connectivity index (χ1n) is 14.0. The van der Waals surface area contributed by atoms with Gasteiger partial charge in [-0.05, 0) is 88.0 Å². The van der Waals surface area contributed by atoms with E-state index >= 15 is 0 Å². The zero-order valence-electron chi connectivity index (χ0n) is 23.9. The normalized spacial score (nSPS) is 19.6. The standard InChI is InChI=1S/C31H52O4/c1-23(2)12-9-13-24(3)14-10-15-25(4)16-11-20-31(7)21-19-26-22-27(17-18-28(26)35-31)34-30(5,6)29(32)33-8/h17-18,22-25H,9-16,19-21H2,1-8H3/t24-,25-,31-/m1/s1. The summed E-state index contributed by atoms with van der Waals surface area (Å²) in [5.74, 6) is 3.73. The SMILES string of the molecule is COC(=O)C(C)(C)Oc1ccc2c(c1)CC[C@@](C)(CCC[C@H](C)CCC[C@H](C)CCCC(C)C)O2. The molecule has 0 aliphatic carbocycles. The van der Waals surface area contributed by atoms with Crippen molar-refractivity contribution < 1.29 is 19.0 Å². The highest BCUT2D eigenvalue weighted by Crippen LogP contribution is 2.38. The first-order chi connectivity index (χ1) is 16.4. The zero-order chi connectivity index (χ0) is 26.1. The predicted octanol–water partition coefficient (Wildman–Crippen LogP) is 8.54. The van der Waals surface area contributed by atoms with Crippen molar-refractivity contribution in [2.24, 2.45) is 17.8 Å². The second-order valence-corrected chi connectivity index (χ2v) is 12.3. The Hall–Kier alpha value is -1.71. The number of carbonyl (C=O) groups is 1. The summed E-state index contributed by atoms with van der Waals surface area (Å²) in [6, 6.07) is 5.88. The average molecular weight is 489 g/mol. The molecule has 2 rings (SSSR count). The van der Waals surface area contributed by atoms with Gasteiger partial charge in [0, 0.05) is 0 Å². The summed E-state index contributed by atoms with van der Waals surface area (Å²) in [4.78, 5) is 11.9. The summed E-state index contributed by atoms with van der Waals surface area (Å²) >= 11 is 0. The van der Waals surface area contributed by atoms with E-state index < -0.39 is 5.60 Å². The minimum absolute atomic E-state index is 0.106. The third-order valence-corrected chi connectivity index (χ3v) is 7.64. The Morgan fingerprint density at radius 3 is 2.20 bits per heavy atom. The molecule has 35 heavy (non-hydrogen) atoms. The third kappa shape index (κ3) is 10.1. The van der Waals surface area contributed by atoms with Gasteiger partial charge in [-0.2, -0.15) is 0 Å². The van der Waals surface area contributed by atoms with Crippen LogP contribution in [0.25, 0.3) is 0 Å². The molecule has 0 aromatic heterocycles. The summed E-state index contributed by atoms with van der Waals surface area (Å²) in [6.07, 6.45) is 13.8. The first-order valence-corrected chi connectivity index (χ1v) is 14.0. The molecule has 1 aliphatic heterocycles. The molecule has 1 aromatic rings. The topological polar surface area (TPSA) is 44.8 Å². The van der Waals surface area contributed by atoms with E-state index in [0.29, 0.717) is 5.75 Å². The number of carbonyl (C=O) groups excluding carboxylic acids is 1. The molecular weight excluding hydrogens is 436 g/mol. The molecule has 0 unspecified atom stereocenters. The minimum atomic E-state index is -1.02. The highest BCUT2D eigenvalue weighted by Gasteiger charge is 2.33. The molecule has 0 saturated heterocycles. The van der Waals surface area contributed by atoms with E-state index in [9.17, 15) is 4.79 Å². The van der Waals surface area contributed by atoms with Crippen molar-refractivity contribution in [1.82, 2.24) is 0 Å². The maximum Gasteiger partial charge on any atom is 0.349 e. The highest BCUT2D eigenvalue weighted by atomic mass is 16.6. The van der Waals surface area contributed by atoms with Gasteiger partial charge in [0.15, 0.2) is 5.60 Å². The fraction of sp³-hybridized carbons (Fsp3) is 0.774. The summed E-state index contributed by atoms with van der Waals surface area (Å²) in [5.41, 5.74) is 0.0254. The summed E-state index contributed by atoms with van der Waals surface area (Å²) in [5, 5.41) is 0. The monoisotopic (exact) mass is 488 g/mol. The second kappa shape index (κ2) is 13.6. The van der Waals surface area contributed by atoms with Crippen molar-refractivity contribution in [2.75, 3.05) is 7.11 Å². The van der Waals surface area contributed by atoms with Crippen LogP contribution in [-0.4, -0.2) is 24.3 Å². The van der Waals surface area contributed by atoms with Crippen LogP contribution in [0.15, 0.2) is 18.2 Å². The lowest BCUT2D eigenvalue weighted by Gasteiger charge is -2.36. The van der Waals surface area contributed by atoms with Crippen LogP contribution in [0.2, 0.25) is 0 Å². The molecule has 0 bridgehead atoms. The van der Waals surface area contributed by atoms with Gasteiger partial charge in [-0.25, -0.2) is 4.79 Å². The lowest BCUT2D eigenvalue weighted by Crippen LogP contribution is -2.39. The van der Waals surface area contributed by atoms with Crippen molar-refractivity contribution >= 4 is 5.97 Å². The van der Waals surface area contributed by atoms with E-state index in [0.717, 1.165) is 48.3 Å². The maximum atomic E-state index is 11.9. The van der Waals surface area contributed by atoms with E-state index in [2.05, 4.69) is 34.6 Å². The number of fused-ring (bicyclic) bond motifs is 1. The Bertz CT molecular complexity index is 784. The van der Waals surface area contributed by atoms with Crippen molar-refractivity contribution in [2.45, 2.75) is 130 Å². The van der Waals surface area contributed by atoms with Gasteiger partial charge in [-0.1, -0.05) is 72.6 Å². The Kier molecular flexibility index (Phi) is 11.4. The van der Waals surface area contributed by atoms with Crippen LogP contribution in [0.3, 0.4) is 0 Å². The van der Waals surface area contributed by atoms with E-state index in [1.807, 2.05) is 18.2 Å². The van der Waals surface area contributed by atoms with Crippen LogP contribution in [0.1, 0.15) is 118 Å². The molecule has 200 valence electrons. The number of aryl methyl sites for hydroxylation is 1. The smallest absolute Gasteiger partial charge is 0.349 e. The number of hydrogen-bond acceptors (Lipinski definition) is 4. The van der Waals surface area contributed by atoms with Gasteiger partial charge in [0.1, 0.15) is 17.1 Å². The van der Waals surface area contributed by atoms with E-state index in [1.54, 1.807) is 13.8 Å². The van der Waals surface area contributed by atoms with Crippen molar-refractivity contribution in [3.05, 3.63) is 23.8 Å². The Morgan fingerprint density at radius 2 is 1.60 bits per heavy atom. The molecule has 0 saturated carbocycles. The fourth-order valence-electron chi connectivity index (χ4n) is 5.19. The number of benzene rings is 1. The maximum absolute atomic E-state index is 11.9. The Morgan fingerprint density at radius 1 is 1.00 bits per heavy atom. The van der Waals surface area contributed by atoms with Crippen LogP contribution in [0, 0.1) is 17.8 Å².